The molecule has 6 nitrogen and oxygen atoms in total. The third-order valence-electron chi connectivity index (χ3n) is 4.62. The Kier molecular flexibility index (Phi) is 4.58. The van der Waals surface area contributed by atoms with Crippen LogP contribution in [0.15, 0.2) is 42.7 Å². The summed E-state index contributed by atoms with van der Waals surface area (Å²) in [5.74, 6) is 2.36. The van der Waals surface area contributed by atoms with Gasteiger partial charge in [0.1, 0.15) is 5.82 Å². The number of fused-ring (bicyclic) bond motifs is 1. The first-order valence-electron chi connectivity index (χ1n) is 8.60. The molecule has 134 valence electrons. The molecule has 0 atom stereocenters. The van der Waals surface area contributed by atoms with Crippen LogP contribution in [0.1, 0.15) is 0 Å². The Balaban J connectivity index is 1.74. The topological polar surface area (TPSA) is 56.7 Å². The lowest BCUT2D eigenvalue weighted by Crippen LogP contribution is -2.36. The molecule has 0 N–H and O–H groups in total. The van der Waals surface area contributed by atoms with E-state index in [0.29, 0.717) is 11.5 Å². The highest BCUT2D eigenvalue weighted by Gasteiger charge is 2.14. The van der Waals surface area contributed by atoms with E-state index in [-0.39, 0.29) is 0 Å². The maximum absolute atomic E-state index is 5.45. The van der Waals surface area contributed by atoms with E-state index in [1.165, 1.54) is 0 Å². The van der Waals surface area contributed by atoms with Crippen molar-refractivity contribution in [2.24, 2.45) is 0 Å². The molecule has 0 spiro atoms. The summed E-state index contributed by atoms with van der Waals surface area (Å²) >= 11 is 0. The van der Waals surface area contributed by atoms with Crippen molar-refractivity contribution in [2.75, 3.05) is 45.4 Å². The second kappa shape index (κ2) is 7.17. The Morgan fingerprint density at radius 3 is 2.42 bits per heavy atom. The van der Waals surface area contributed by atoms with Crippen LogP contribution in [0.25, 0.3) is 22.0 Å². The van der Waals surface area contributed by atoms with Crippen LogP contribution in [-0.4, -0.2) is 50.5 Å². The molecule has 0 aliphatic carbocycles. The van der Waals surface area contributed by atoms with E-state index >= 15 is 0 Å². The molecule has 0 amide bonds. The fourth-order valence-electron chi connectivity index (χ4n) is 3.24. The first kappa shape index (κ1) is 16.6. The van der Waals surface area contributed by atoms with Crippen LogP contribution in [0.4, 0.5) is 5.82 Å². The van der Waals surface area contributed by atoms with E-state index < -0.39 is 0 Å². The average molecular weight is 351 g/mol. The van der Waals surface area contributed by atoms with Crippen molar-refractivity contribution < 1.29 is 14.2 Å². The van der Waals surface area contributed by atoms with Crippen molar-refractivity contribution in [1.82, 2.24) is 9.97 Å². The summed E-state index contributed by atoms with van der Waals surface area (Å²) < 4.78 is 16.2. The number of benzene rings is 1. The van der Waals surface area contributed by atoms with Gasteiger partial charge < -0.3 is 19.1 Å². The molecule has 1 aliphatic rings. The van der Waals surface area contributed by atoms with E-state index in [0.717, 1.165) is 54.2 Å². The van der Waals surface area contributed by atoms with Crippen molar-refractivity contribution in [1.29, 1.82) is 0 Å². The first-order valence-corrected chi connectivity index (χ1v) is 8.60. The second-order valence-corrected chi connectivity index (χ2v) is 6.09. The number of rotatable bonds is 4. The Morgan fingerprint density at radius 1 is 0.962 bits per heavy atom. The van der Waals surface area contributed by atoms with Crippen LogP contribution in [0.2, 0.25) is 0 Å². The third-order valence-corrected chi connectivity index (χ3v) is 4.62. The predicted octanol–water partition coefficient (Wildman–Crippen LogP) is 3.15. The number of ether oxygens (including phenoxy) is 3. The first-order chi connectivity index (χ1) is 12.8. The van der Waals surface area contributed by atoms with Gasteiger partial charge in [0.15, 0.2) is 11.5 Å². The van der Waals surface area contributed by atoms with Gasteiger partial charge >= 0.3 is 0 Å². The van der Waals surface area contributed by atoms with Gasteiger partial charge in [-0.05, 0) is 35.7 Å². The molecule has 1 fully saturated rings. The number of morpholine rings is 1. The van der Waals surface area contributed by atoms with Crippen LogP contribution in [-0.2, 0) is 4.74 Å². The maximum Gasteiger partial charge on any atom is 0.161 e. The zero-order valence-electron chi connectivity index (χ0n) is 14.9. The fourth-order valence-corrected chi connectivity index (χ4v) is 3.24. The predicted molar refractivity (Wildman–Crippen MR) is 101 cm³/mol. The maximum atomic E-state index is 5.45. The van der Waals surface area contributed by atoms with E-state index in [4.69, 9.17) is 14.2 Å². The molecule has 0 bridgehead atoms. The van der Waals surface area contributed by atoms with E-state index in [1.807, 2.05) is 30.5 Å². The minimum atomic E-state index is 0.687. The quantitative estimate of drug-likeness (QED) is 0.720. The van der Waals surface area contributed by atoms with Crippen molar-refractivity contribution in [3.8, 4) is 22.8 Å². The van der Waals surface area contributed by atoms with Gasteiger partial charge in [-0.25, -0.2) is 4.98 Å². The zero-order chi connectivity index (χ0) is 17.9. The minimum absolute atomic E-state index is 0.687. The van der Waals surface area contributed by atoms with E-state index in [2.05, 4.69) is 20.9 Å². The molecule has 1 aromatic carbocycles. The van der Waals surface area contributed by atoms with Gasteiger partial charge in [0.05, 0.1) is 33.1 Å². The lowest BCUT2D eigenvalue weighted by molar-refractivity contribution is 0.122. The average Bonchev–Trinajstić information content (AvgIpc) is 2.73. The van der Waals surface area contributed by atoms with Crippen molar-refractivity contribution >= 4 is 16.6 Å². The molecule has 4 rings (SSSR count). The standard InChI is InChI=1S/C20H21N3O3/c1-24-17-11-14-5-6-21-20(16(14)12-18(17)25-2)15-3-4-19(22-13-15)23-7-9-26-10-8-23/h3-6,11-13H,7-10H2,1-2H3. The molecular weight excluding hydrogens is 330 g/mol. The van der Waals surface area contributed by atoms with Gasteiger partial charge in [-0.1, -0.05) is 0 Å². The van der Waals surface area contributed by atoms with Crippen molar-refractivity contribution in [3.63, 3.8) is 0 Å². The number of methoxy groups -OCH3 is 2. The molecule has 1 aliphatic heterocycles. The summed E-state index contributed by atoms with van der Waals surface area (Å²) in [6.45, 7) is 3.23. The zero-order valence-corrected chi connectivity index (χ0v) is 14.9. The Hall–Kier alpha value is -2.86. The molecule has 2 aromatic heterocycles. The lowest BCUT2D eigenvalue weighted by atomic mass is 10.0. The lowest BCUT2D eigenvalue weighted by Gasteiger charge is -2.27. The Morgan fingerprint density at radius 2 is 1.73 bits per heavy atom. The molecule has 26 heavy (non-hydrogen) atoms. The number of pyridine rings is 2. The Bertz CT molecular complexity index is 906. The highest BCUT2D eigenvalue weighted by molar-refractivity contribution is 5.96. The summed E-state index contributed by atoms with van der Waals surface area (Å²) in [6, 6.07) is 10.0. The van der Waals surface area contributed by atoms with Gasteiger partial charge in [0.2, 0.25) is 0 Å². The van der Waals surface area contributed by atoms with Gasteiger partial charge in [0.25, 0.3) is 0 Å². The van der Waals surface area contributed by atoms with Gasteiger partial charge in [-0.3, -0.25) is 4.98 Å². The molecule has 1 saturated heterocycles. The summed E-state index contributed by atoms with van der Waals surface area (Å²) in [4.78, 5) is 11.5. The number of anilines is 1. The van der Waals surface area contributed by atoms with Gasteiger partial charge in [-0.2, -0.15) is 0 Å². The number of nitrogens with zero attached hydrogens (tertiary/aromatic N) is 3. The number of aromatic nitrogens is 2. The normalized spacial score (nSPS) is 14.5. The summed E-state index contributed by atoms with van der Waals surface area (Å²) in [5, 5.41) is 2.05. The van der Waals surface area contributed by atoms with Crippen LogP contribution < -0.4 is 14.4 Å². The molecule has 0 saturated carbocycles. The van der Waals surface area contributed by atoms with Crippen LogP contribution in [0, 0.1) is 0 Å². The molecule has 3 heterocycles. The largest absolute Gasteiger partial charge is 0.493 e. The van der Waals surface area contributed by atoms with E-state index in [1.54, 1.807) is 20.4 Å². The number of hydrogen-bond acceptors (Lipinski definition) is 6. The van der Waals surface area contributed by atoms with E-state index in [9.17, 15) is 0 Å². The third kappa shape index (κ3) is 3.04. The molecule has 0 unspecified atom stereocenters. The number of hydrogen-bond donors (Lipinski definition) is 0. The highest BCUT2D eigenvalue weighted by Crippen LogP contribution is 2.36. The monoisotopic (exact) mass is 351 g/mol. The second-order valence-electron chi connectivity index (χ2n) is 6.09. The molecule has 6 heteroatoms. The van der Waals surface area contributed by atoms with Crippen LogP contribution >= 0.6 is 0 Å². The summed E-state index contributed by atoms with van der Waals surface area (Å²) in [6.07, 6.45) is 3.68. The summed E-state index contributed by atoms with van der Waals surface area (Å²) in [7, 11) is 3.28. The van der Waals surface area contributed by atoms with Crippen molar-refractivity contribution in [3.05, 3.63) is 42.7 Å². The molecular formula is C20H21N3O3. The van der Waals surface area contributed by atoms with Gasteiger partial charge in [-0.15, -0.1) is 0 Å². The van der Waals surface area contributed by atoms with Crippen molar-refractivity contribution in [2.45, 2.75) is 0 Å². The van der Waals surface area contributed by atoms with Crippen LogP contribution in [0.3, 0.4) is 0 Å². The Labute approximate surface area is 152 Å². The summed E-state index contributed by atoms with van der Waals surface area (Å²) in [5.41, 5.74) is 1.85. The van der Waals surface area contributed by atoms with Crippen LogP contribution in [0.5, 0.6) is 11.5 Å². The minimum Gasteiger partial charge on any atom is -0.493 e. The molecule has 0 radical (unpaired) electrons. The highest BCUT2D eigenvalue weighted by atomic mass is 16.5. The fraction of sp³-hybridized carbons (Fsp3) is 0.300. The molecule has 3 aromatic rings. The smallest absolute Gasteiger partial charge is 0.161 e. The van der Waals surface area contributed by atoms with Gasteiger partial charge in [0, 0.05) is 36.4 Å². The SMILES string of the molecule is COc1cc2ccnc(-c3ccc(N4CCOCC4)nc3)c2cc1OC.